The van der Waals surface area contributed by atoms with Crippen LogP contribution in [0.1, 0.15) is 6.92 Å². The van der Waals surface area contributed by atoms with Crippen LogP contribution in [-0.4, -0.2) is 37.5 Å². The average Bonchev–Trinajstić information content (AvgIpc) is 2.02. The van der Waals surface area contributed by atoms with E-state index in [1.54, 1.807) is 11.8 Å². The van der Waals surface area contributed by atoms with Gasteiger partial charge >= 0.3 is 12.4 Å². The minimum Gasteiger partial charge on any atom is -0.392 e. The van der Waals surface area contributed by atoms with Gasteiger partial charge in [0.25, 0.3) is 0 Å². The predicted molar refractivity (Wildman–Crippen MR) is 44.4 cm³/mol. The molecule has 0 heterocycles. The summed E-state index contributed by atoms with van der Waals surface area (Å²) >= 11 is 0. The third-order valence-corrected chi connectivity index (χ3v) is 1.70. The zero-order valence-electron chi connectivity index (χ0n) is 7.53. The van der Waals surface area contributed by atoms with Crippen LogP contribution in [0.25, 0.3) is 0 Å². The van der Waals surface area contributed by atoms with Gasteiger partial charge in [-0.3, -0.25) is 4.79 Å². The van der Waals surface area contributed by atoms with Gasteiger partial charge < -0.3 is 9.64 Å². The highest BCUT2D eigenvalue weighted by molar-refractivity contribution is 5.92. The second-order valence-corrected chi connectivity index (χ2v) is 2.67. The van der Waals surface area contributed by atoms with Crippen molar-refractivity contribution in [2.45, 2.75) is 13.0 Å². The van der Waals surface area contributed by atoms with Crippen LogP contribution in [0.4, 0.5) is 0 Å². The Morgan fingerprint density at radius 2 is 2.08 bits per heavy atom. The number of rotatable bonds is 4. The molecule has 0 aliphatic rings. The summed E-state index contributed by atoms with van der Waals surface area (Å²) in [4.78, 5) is 22.5. The van der Waals surface area contributed by atoms with E-state index in [-0.39, 0.29) is 18.1 Å². The molecule has 1 unspecified atom stereocenters. The van der Waals surface area contributed by atoms with E-state index in [1.165, 1.54) is 0 Å². The fourth-order valence-electron chi connectivity index (χ4n) is 0.602. The van der Waals surface area contributed by atoms with Gasteiger partial charge in [-0.1, -0.05) is 6.58 Å². The standard InChI is InChI=1S/C8H13NO3/c1-6(7(2)9(3)4)8(11)12-5-10/h5,7H,1H2,2-4H3. The minimum atomic E-state index is -0.675. The van der Waals surface area contributed by atoms with E-state index < -0.39 is 5.97 Å². The van der Waals surface area contributed by atoms with Crippen molar-refractivity contribution >= 4 is 12.4 Å². The second-order valence-electron chi connectivity index (χ2n) is 2.67. The first-order valence-electron chi connectivity index (χ1n) is 3.50. The normalized spacial score (nSPS) is 12.3. The zero-order valence-corrected chi connectivity index (χ0v) is 7.53. The average molecular weight is 171 g/mol. The summed E-state index contributed by atoms with van der Waals surface area (Å²) in [7, 11) is 3.62. The molecular weight excluding hydrogens is 158 g/mol. The minimum absolute atomic E-state index is 0.107. The number of hydrogen-bond acceptors (Lipinski definition) is 4. The summed E-state index contributed by atoms with van der Waals surface area (Å²) < 4.78 is 4.13. The third kappa shape index (κ3) is 2.84. The molecule has 0 aromatic carbocycles. The zero-order chi connectivity index (χ0) is 9.72. The van der Waals surface area contributed by atoms with Gasteiger partial charge in [-0.05, 0) is 21.0 Å². The van der Waals surface area contributed by atoms with E-state index in [1.807, 2.05) is 14.1 Å². The van der Waals surface area contributed by atoms with Gasteiger partial charge in [0.1, 0.15) is 0 Å². The van der Waals surface area contributed by atoms with Crippen molar-refractivity contribution in [1.29, 1.82) is 0 Å². The molecule has 0 spiro atoms. The predicted octanol–water partition coefficient (Wildman–Crippen LogP) is 0.192. The monoisotopic (exact) mass is 171 g/mol. The molecule has 0 aliphatic carbocycles. The lowest BCUT2D eigenvalue weighted by atomic mass is 10.1. The number of hydrogen-bond donors (Lipinski definition) is 0. The summed E-state index contributed by atoms with van der Waals surface area (Å²) in [5.74, 6) is -0.675. The van der Waals surface area contributed by atoms with Gasteiger partial charge in [0.15, 0.2) is 0 Å². The van der Waals surface area contributed by atoms with E-state index in [0.717, 1.165) is 0 Å². The molecule has 0 N–H and O–H groups in total. The van der Waals surface area contributed by atoms with Crippen LogP contribution in [0.3, 0.4) is 0 Å². The van der Waals surface area contributed by atoms with Gasteiger partial charge in [-0.15, -0.1) is 0 Å². The third-order valence-electron chi connectivity index (χ3n) is 1.70. The molecular formula is C8H13NO3. The van der Waals surface area contributed by atoms with E-state index in [0.29, 0.717) is 0 Å². The molecule has 0 saturated carbocycles. The fraction of sp³-hybridized carbons (Fsp3) is 0.500. The summed E-state index contributed by atoms with van der Waals surface area (Å²) in [6.07, 6.45) is 0. The van der Waals surface area contributed by atoms with E-state index in [9.17, 15) is 9.59 Å². The maximum Gasteiger partial charge on any atom is 0.342 e. The fourth-order valence-corrected chi connectivity index (χ4v) is 0.602. The summed E-state index contributed by atoms with van der Waals surface area (Å²) in [6.45, 7) is 5.43. The van der Waals surface area contributed by atoms with Gasteiger partial charge in [-0.2, -0.15) is 0 Å². The molecule has 4 heteroatoms. The van der Waals surface area contributed by atoms with Crippen molar-refractivity contribution < 1.29 is 14.3 Å². The van der Waals surface area contributed by atoms with Crippen LogP contribution in [0.2, 0.25) is 0 Å². The smallest absolute Gasteiger partial charge is 0.342 e. The van der Waals surface area contributed by atoms with Gasteiger partial charge in [-0.25, -0.2) is 4.79 Å². The Kier molecular flexibility index (Phi) is 4.21. The summed E-state index contributed by atoms with van der Waals surface area (Å²) in [5, 5.41) is 0. The lowest BCUT2D eigenvalue weighted by molar-refractivity contribution is -0.148. The van der Waals surface area contributed by atoms with Crippen molar-refractivity contribution in [2.75, 3.05) is 14.1 Å². The Morgan fingerprint density at radius 1 is 1.58 bits per heavy atom. The number of likely N-dealkylation sites (N-methyl/N-ethyl adjacent to an activating group) is 1. The molecule has 0 rings (SSSR count). The molecule has 4 nitrogen and oxygen atoms in total. The van der Waals surface area contributed by atoms with E-state index in [2.05, 4.69) is 11.3 Å². The number of carbonyl (C=O) groups excluding carboxylic acids is 2. The molecule has 0 radical (unpaired) electrons. The highest BCUT2D eigenvalue weighted by Crippen LogP contribution is 2.05. The first-order chi connectivity index (χ1) is 5.50. The molecule has 0 aliphatic heterocycles. The van der Waals surface area contributed by atoms with Gasteiger partial charge in [0, 0.05) is 11.6 Å². The molecule has 1 atom stereocenters. The van der Waals surface area contributed by atoms with Crippen LogP contribution < -0.4 is 0 Å². The maximum absolute atomic E-state index is 10.9. The summed E-state index contributed by atoms with van der Waals surface area (Å²) in [5.41, 5.74) is 0.270. The number of ether oxygens (including phenoxy) is 1. The Hall–Kier alpha value is -1.16. The second kappa shape index (κ2) is 4.66. The van der Waals surface area contributed by atoms with Crippen LogP contribution in [0.5, 0.6) is 0 Å². The molecule has 68 valence electrons. The first kappa shape index (κ1) is 10.8. The van der Waals surface area contributed by atoms with Gasteiger partial charge in [0.2, 0.25) is 0 Å². The number of carbonyl (C=O) groups is 2. The van der Waals surface area contributed by atoms with Crippen molar-refractivity contribution in [3.8, 4) is 0 Å². The van der Waals surface area contributed by atoms with E-state index in [4.69, 9.17) is 0 Å². The Labute approximate surface area is 71.8 Å². The highest BCUT2D eigenvalue weighted by atomic mass is 16.6. The summed E-state index contributed by atoms with van der Waals surface area (Å²) in [6, 6.07) is -0.127. The molecule has 0 fully saturated rings. The van der Waals surface area contributed by atoms with Crippen LogP contribution in [-0.2, 0) is 14.3 Å². The first-order valence-corrected chi connectivity index (χ1v) is 3.50. The number of esters is 1. The van der Waals surface area contributed by atoms with Crippen molar-refractivity contribution in [3.63, 3.8) is 0 Å². The molecule has 0 aromatic rings. The van der Waals surface area contributed by atoms with Gasteiger partial charge in [0.05, 0.1) is 0 Å². The lowest BCUT2D eigenvalue weighted by Crippen LogP contribution is -2.30. The lowest BCUT2D eigenvalue weighted by Gasteiger charge is -2.19. The van der Waals surface area contributed by atoms with Crippen molar-refractivity contribution in [2.24, 2.45) is 0 Å². The van der Waals surface area contributed by atoms with Crippen LogP contribution in [0, 0.1) is 0 Å². The SMILES string of the molecule is C=C(C(=O)OC=O)C(C)N(C)C. The molecule has 0 bridgehead atoms. The topological polar surface area (TPSA) is 46.6 Å². The maximum atomic E-state index is 10.9. The largest absolute Gasteiger partial charge is 0.392 e. The number of nitrogens with zero attached hydrogens (tertiary/aromatic N) is 1. The Bertz CT molecular complexity index is 198. The molecule has 0 aromatic heterocycles. The Balaban J connectivity index is 4.19. The molecule has 0 saturated heterocycles. The molecule has 12 heavy (non-hydrogen) atoms. The van der Waals surface area contributed by atoms with Crippen molar-refractivity contribution in [1.82, 2.24) is 4.90 Å². The Morgan fingerprint density at radius 3 is 2.42 bits per heavy atom. The van der Waals surface area contributed by atoms with Crippen LogP contribution in [0.15, 0.2) is 12.2 Å². The van der Waals surface area contributed by atoms with E-state index >= 15 is 0 Å². The van der Waals surface area contributed by atoms with Crippen LogP contribution >= 0.6 is 0 Å². The molecule has 0 amide bonds. The quantitative estimate of drug-likeness (QED) is 0.262. The highest BCUT2D eigenvalue weighted by Gasteiger charge is 2.17. The van der Waals surface area contributed by atoms with Crippen molar-refractivity contribution in [3.05, 3.63) is 12.2 Å².